The van der Waals surface area contributed by atoms with Gasteiger partial charge in [-0.05, 0) is 30.1 Å². The van der Waals surface area contributed by atoms with Crippen molar-refractivity contribution in [1.29, 1.82) is 0 Å². The number of fused-ring (bicyclic) bond motifs is 1. The van der Waals surface area contributed by atoms with Gasteiger partial charge >= 0.3 is 0 Å². The van der Waals surface area contributed by atoms with Crippen LogP contribution in [-0.2, 0) is 0 Å². The summed E-state index contributed by atoms with van der Waals surface area (Å²) in [6.07, 6.45) is 8.40. The minimum Gasteiger partial charge on any atom is -0.0686 e. The van der Waals surface area contributed by atoms with Crippen LogP contribution in [0.1, 0.15) is 45.4 Å². The van der Waals surface area contributed by atoms with Crippen LogP contribution in [0.5, 0.6) is 0 Å². The first-order valence-corrected chi connectivity index (χ1v) is 5.96. The quantitative estimate of drug-likeness (QED) is 0.423. The zero-order chi connectivity index (χ0) is 9.05. The summed E-state index contributed by atoms with van der Waals surface area (Å²) in [5.74, 6) is 4.46. The summed E-state index contributed by atoms with van der Waals surface area (Å²) >= 11 is 0. The third-order valence-electron chi connectivity index (χ3n) is 4.58. The van der Waals surface area contributed by atoms with Crippen LogP contribution in [0.15, 0.2) is 0 Å². The molecular formula is C12H19B. The zero-order valence-electron chi connectivity index (χ0n) is 8.63. The maximum absolute atomic E-state index is 6.29. The molecule has 13 heavy (non-hydrogen) atoms. The van der Waals surface area contributed by atoms with Gasteiger partial charge in [0, 0.05) is 0 Å². The molecule has 4 atom stereocenters. The lowest BCUT2D eigenvalue weighted by molar-refractivity contribution is 0.317. The fourth-order valence-electron chi connectivity index (χ4n) is 3.59. The molecule has 0 aliphatic heterocycles. The molecule has 0 heterocycles. The molecular weight excluding hydrogens is 155 g/mol. The Labute approximate surface area is 82.9 Å². The summed E-state index contributed by atoms with van der Waals surface area (Å²) in [4.78, 5) is 0. The van der Waals surface area contributed by atoms with Gasteiger partial charge < -0.3 is 0 Å². The highest BCUT2D eigenvalue weighted by molar-refractivity contribution is 6.14. The van der Waals surface area contributed by atoms with E-state index in [2.05, 4.69) is 6.92 Å². The predicted molar refractivity (Wildman–Crippen MR) is 55.8 cm³/mol. The molecule has 0 aromatic rings. The van der Waals surface area contributed by atoms with Crippen LogP contribution >= 0.6 is 0 Å². The van der Waals surface area contributed by atoms with E-state index in [-0.39, 0.29) is 5.31 Å². The first kappa shape index (κ1) is 8.38. The van der Waals surface area contributed by atoms with Crippen LogP contribution in [0.2, 0.25) is 5.31 Å². The summed E-state index contributed by atoms with van der Waals surface area (Å²) < 4.78 is 0. The largest absolute Gasteiger partial charge is 0.0742 e. The number of hydrogen-bond acceptors (Lipinski definition) is 0. The Hall–Kier alpha value is 0.0649. The van der Waals surface area contributed by atoms with Gasteiger partial charge in [-0.25, -0.2) is 0 Å². The van der Waals surface area contributed by atoms with Crippen molar-refractivity contribution in [3.8, 4) is 0 Å². The van der Waals surface area contributed by atoms with E-state index in [9.17, 15) is 0 Å². The molecule has 0 aromatic heterocycles. The van der Waals surface area contributed by atoms with E-state index in [0.29, 0.717) is 0 Å². The lowest BCUT2D eigenvalue weighted by atomic mass is 9.63. The highest BCUT2D eigenvalue weighted by Gasteiger charge is 2.66. The van der Waals surface area contributed by atoms with Gasteiger partial charge in [0.15, 0.2) is 0 Å². The molecule has 3 saturated carbocycles. The zero-order valence-corrected chi connectivity index (χ0v) is 8.63. The molecule has 1 heteroatoms. The van der Waals surface area contributed by atoms with E-state index >= 15 is 0 Å². The average molecular weight is 174 g/mol. The molecule has 4 unspecified atom stereocenters. The Morgan fingerprint density at radius 2 is 2.00 bits per heavy atom. The summed E-state index contributed by atoms with van der Waals surface area (Å²) in [6.45, 7) is 2.26. The molecule has 0 spiro atoms. The van der Waals surface area contributed by atoms with Gasteiger partial charge in [0.25, 0.3) is 0 Å². The monoisotopic (exact) mass is 174 g/mol. The molecule has 3 aliphatic carbocycles. The third-order valence-corrected chi connectivity index (χ3v) is 4.58. The summed E-state index contributed by atoms with van der Waals surface area (Å²) in [5, 5.41) is 0.163. The van der Waals surface area contributed by atoms with Crippen molar-refractivity contribution in [1.82, 2.24) is 0 Å². The van der Waals surface area contributed by atoms with Crippen LogP contribution < -0.4 is 0 Å². The second-order valence-corrected chi connectivity index (χ2v) is 6.00. The SMILES string of the molecule is [B]C1(C)CCCCC(C2C3CC32)C1. The first-order valence-electron chi connectivity index (χ1n) is 5.96. The maximum Gasteiger partial charge on any atom is 0.0742 e. The minimum atomic E-state index is 0.163. The van der Waals surface area contributed by atoms with Crippen molar-refractivity contribution in [3.05, 3.63) is 0 Å². The Balaban J connectivity index is 1.66. The van der Waals surface area contributed by atoms with Gasteiger partial charge in [-0.3, -0.25) is 0 Å². The second kappa shape index (κ2) is 2.55. The van der Waals surface area contributed by atoms with E-state index in [0.717, 1.165) is 11.8 Å². The van der Waals surface area contributed by atoms with E-state index in [4.69, 9.17) is 7.85 Å². The Morgan fingerprint density at radius 3 is 2.62 bits per heavy atom. The summed E-state index contributed by atoms with van der Waals surface area (Å²) in [5.41, 5.74) is 0. The van der Waals surface area contributed by atoms with Gasteiger partial charge in [0.05, 0.1) is 7.85 Å². The first-order chi connectivity index (χ1) is 6.17. The second-order valence-electron chi connectivity index (χ2n) is 6.00. The molecule has 0 amide bonds. The van der Waals surface area contributed by atoms with E-state index < -0.39 is 0 Å². The predicted octanol–water partition coefficient (Wildman–Crippen LogP) is 3.18. The van der Waals surface area contributed by atoms with E-state index in [1.807, 2.05) is 0 Å². The van der Waals surface area contributed by atoms with Crippen molar-refractivity contribution >= 4 is 7.85 Å². The van der Waals surface area contributed by atoms with Crippen LogP contribution in [0.25, 0.3) is 0 Å². The van der Waals surface area contributed by atoms with Gasteiger partial charge in [-0.1, -0.05) is 44.3 Å². The van der Waals surface area contributed by atoms with Crippen molar-refractivity contribution in [2.45, 2.75) is 50.8 Å². The van der Waals surface area contributed by atoms with Gasteiger partial charge in [-0.15, -0.1) is 0 Å². The van der Waals surface area contributed by atoms with Crippen molar-refractivity contribution in [3.63, 3.8) is 0 Å². The highest BCUT2D eigenvalue weighted by Crippen LogP contribution is 2.72. The molecule has 3 aliphatic rings. The average Bonchev–Trinajstić information content (AvgIpc) is 2.78. The van der Waals surface area contributed by atoms with Crippen LogP contribution in [0, 0.1) is 23.7 Å². The Morgan fingerprint density at radius 1 is 1.23 bits per heavy atom. The van der Waals surface area contributed by atoms with Gasteiger partial charge in [0.2, 0.25) is 0 Å². The fourth-order valence-corrected chi connectivity index (χ4v) is 3.59. The van der Waals surface area contributed by atoms with Crippen LogP contribution in [-0.4, -0.2) is 7.85 Å². The fraction of sp³-hybridized carbons (Fsp3) is 1.00. The lowest BCUT2D eigenvalue weighted by Gasteiger charge is -2.28. The topological polar surface area (TPSA) is 0 Å². The Bertz CT molecular complexity index is 213. The molecule has 70 valence electrons. The highest BCUT2D eigenvalue weighted by atomic mass is 14.7. The lowest BCUT2D eigenvalue weighted by Crippen LogP contribution is -2.15. The summed E-state index contributed by atoms with van der Waals surface area (Å²) in [7, 11) is 6.29. The molecule has 0 N–H and O–H groups in total. The van der Waals surface area contributed by atoms with Crippen molar-refractivity contribution in [2.75, 3.05) is 0 Å². The van der Waals surface area contributed by atoms with Crippen molar-refractivity contribution in [2.24, 2.45) is 23.7 Å². The maximum atomic E-state index is 6.29. The van der Waals surface area contributed by atoms with Crippen LogP contribution in [0.4, 0.5) is 0 Å². The molecule has 0 bridgehead atoms. The molecule has 3 rings (SSSR count). The summed E-state index contributed by atoms with van der Waals surface area (Å²) in [6, 6.07) is 0. The number of hydrogen-bond donors (Lipinski definition) is 0. The minimum absolute atomic E-state index is 0.163. The van der Waals surface area contributed by atoms with Crippen molar-refractivity contribution < 1.29 is 0 Å². The normalized spacial score (nSPS) is 59.5. The van der Waals surface area contributed by atoms with Gasteiger partial charge in [-0.2, -0.15) is 0 Å². The standard InChI is InChI=1S/C12H19B/c1-12(13)5-3-2-4-8(7-12)11-9-6-10(9)11/h8-11H,2-7H2,1H3. The Kier molecular flexibility index (Phi) is 1.64. The smallest absolute Gasteiger partial charge is 0.0686 e. The molecule has 0 nitrogen and oxygen atoms in total. The molecule has 3 fully saturated rings. The third kappa shape index (κ3) is 1.45. The van der Waals surface area contributed by atoms with Gasteiger partial charge in [0.1, 0.15) is 0 Å². The number of rotatable bonds is 1. The van der Waals surface area contributed by atoms with Crippen LogP contribution in [0.3, 0.4) is 0 Å². The molecule has 0 saturated heterocycles. The molecule has 2 radical (unpaired) electrons. The van der Waals surface area contributed by atoms with E-state index in [1.54, 1.807) is 6.42 Å². The van der Waals surface area contributed by atoms with E-state index in [1.165, 1.54) is 43.9 Å². The molecule has 0 aromatic carbocycles.